The Morgan fingerprint density at radius 2 is 1.66 bits per heavy atom. The SMILES string of the molecule is CCOC(=O)c1nn(-c2ccc(C)cc2)/c(=N\N=C(/C)c2sc(NS(=O)(=O)c3ccc(C)cc3)nc2C)s1. The van der Waals surface area contributed by atoms with Gasteiger partial charge in [0.2, 0.25) is 9.81 Å². The molecule has 0 amide bonds. The first kappa shape index (κ1) is 27.4. The lowest BCUT2D eigenvalue weighted by atomic mass is 10.2. The number of nitrogens with one attached hydrogen (secondary N) is 1. The van der Waals surface area contributed by atoms with Crippen molar-refractivity contribution in [2.45, 2.75) is 39.5 Å². The molecule has 2 aromatic heterocycles. The molecule has 0 saturated carbocycles. The molecule has 13 heteroatoms. The Kier molecular flexibility index (Phi) is 8.19. The van der Waals surface area contributed by atoms with Gasteiger partial charge in [-0.1, -0.05) is 58.1 Å². The van der Waals surface area contributed by atoms with Gasteiger partial charge in [-0.2, -0.15) is 5.10 Å². The Morgan fingerprint density at radius 1 is 1.03 bits per heavy atom. The van der Waals surface area contributed by atoms with E-state index in [1.807, 2.05) is 38.1 Å². The van der Waals surface area contributed by atoms with E-state index >= 15 is 0 Å². The average molecular weight is 571 g/mol. The van der Waals surface area contributed by atoms with Gasteiger partial charge in [0, 0.05) is 0 Å². The highest BCUT2D eigenvalue weighted by atomic mass is 32.2. The van der Waals surface area contributed by atoms with Gasteiger partial charge < -0.3 is 4.74 Å². The van der Waals surface area contributed by atoms with Crippen LogP contribution in [0.15, 0.2) is 63.6 Å². The van der Waals surface area contributed by atoms with E-state index in [-0.39, 0.29) is 21.6 Å². The number of ether oxygens (including phenoxy) is 1. The molecular weight excluding hydrogens is 545 g/mol. The van der Waals surface area contributed by atoms with E-state index in [1.54, 1.807) is 45.0 Å². The van der Waals surface area contributed by atoms with Gasteiger partial charge >= 0.3 is 5.97 Å². The number of esters is 1. The average Bonchev–Trinajstić information content (AvgIpc) is 3.46. The standard InChI is InChI=1S/C25H26N6O4S3/c1-6-35-23(32)22-29-31(19-11-7-15(2)8-12-19)25(37-22)28-27-18(5)21-17(4)26-24(36-21)30-38(33,34)20-13-9-16(3)10-14-20/h7-14H,6H2,1-5H3,(H,26,30)/b27-18+,28-25+. The maximum Gasteiger partial charge on any atom is 0.369 e. The zero-order valence-electron chi connectivity index (χ0n) is 21.4. The molecule has 4 aromatic rings. The van der Waals surface area contributed by atoms with Gasteiger partial charge in [0.15, 0.2) is 5.13 Å². The second kappa shape index (κ2) is 11.4. The molecule has 198 valence electrons. The van der Waals surface area contributed by atoms with Crippen LogP contribution >= 0.6 is 22.7 Å². The first-order chi connectivity index (χ1) is 18.1. The Morgan fingerprint density at radius 3 is 2.29 bits per heavy atom. The summed E-state index contributed by atoms with van der Waals surface area (Å²) in [5.41, 5.74) is 3.90. The topological polar surface area (TPSA) is 128 Å². The maximum atomic E-state index is 12.8. The lowest BCUT2D eigenvalue weighted by molar-refractivity contribution is 0.0524. The third kappa shape index (κ3) is 6.23. The minimum absolute atomic E-state index is 0.154. The third-order valence-electron chi connectivity index (χ3n) is 5.25. The summed E-state index contributed by atoms with van der Waals surface area (Å²) in [5, 5.41) is 13.5. The number of hydrogen-bond donors (Lipinski definition) is 1. The van der Waals surface area contributed by atoms with Crippen molar-refractivity contribution in [3.8, 4) is 5.69 Å². The number of carbonyl (C=O) groups excluding carboxylic acids is 1. The number of nitrogens with zero attached hydrogens (tertiary/aromatic N) is 5. The van der Waals surface area contributed by atoms with Gasteiger partial charge in [0.25, 0.3) is 10.0 Å². The lowest BCUT2D eigenvalue weighted by Gasteiger charge is -2.05. The molecular formula is C25H26N6O4S3. The number of aromatic nitrogens is 3. The van der Waals surface area contributed by atoms with Crippen LogP contribution in [0.25, 0.3) is 5.69 Å². The molecule has 4 rings (SSSR count). The van der Waals surface area contributed by atoms with Crippen molar-refractivity contribution in [3.05, 3.63) is 80.0 Å². The van der Waals surface area contributed by atoms with Gasteiger partial charge in [-0.05, 0) is 58.9 Å². The number of anilines is 1. The van der Waals surface area contributed by atoms with Crippen molar-refractivity contribution in [1.29, 1.82) is 0 Å². The van der Waals surface area contributed by atoms with Crippen LogP contribution in [-0.4, -0.2) is 41.5 Å². The summed E-state index contributed by atoms with van der Waals surface area (Å²) in [6.45, 7) is 9.35. The van der Waals surface area contributed by atoms with E-state index in [0.717, 1.165) is 39.5 Å². The second-order valence-electron chi connectivity index (χ2n) is 8.30. The molecule has 10 nitrogen and oxygen atoms in total. The summed E-state index contributed by atoms with van der Waals surface area (Å²) >= 11 is 2.22. The Bertz CT molecular complexity index is 1670. The second-order valence-corrected chi connectivity index (χ2v) is 11.9. The number of aryl methyl sites for hydroxylation is 3. The molecule has 1 N–H and O–H groups in total. The molecule has 0 radical (unpaired) electrons. The van der Waals surface area contributed by atoms with Crippen molar-refractivity contribution in [3.63, 3.8) is 0 Å². The minimum Gasteiger partial charge on any atom is -0.461 e. The molecule has 2 heterocycles. The van der Waals surface area contributed by atoms with E-state index in [2.05, 4.69) is 25.0 Å². The van der Waals surface area contributed by atoms with Gasteiger partial charge in [0.05, 0.1) is 33.5 Å². The minimum atomic E-state index is -3.78. The quantitative estimate of drug-likeness (QED) is 0.187. The molecule has 0 fully saturated rings. The molecule has 0 bridgehead atoms. The number of thiazole rings is 1. The van der Waals surface area contributed by atoms with Gasteiger partial charge in [-0.15, -0.1) is 10.2 Å². The largest absolute Gasteiger partial charge is 0.461 e. The van der Waals surface area contributed by atoms with Gasteiger partial charge in [0.1, 0.15) is 0 Å². The van der Waals surface area contributed by atoms with Crippen LogP contribution in [0.4, 0.5) is 5.13 Å². The van der Waals surface area contributed by atoms with Crippen LogP contribution in [0.5, 0.6) is 0 Å². The molecule has 0 aliphatic rings. The number of rotatable bonds is 8. The zero-order chi connectivity index (χ0) is 27.4. The molecule has 0 aliphatic carbocycles. The van der Waals surface area contributed by atoms with E-state index < -0.39 is 16.0 Å². The fraction of sp³-hybridized carbons (Fsp3) is 0.240. The summed E-state index contributed by atoms with van der Waals surface area (Å²) in [6, 6.07) is 14.2. The van der Waals surface area contributed by atoms with Crippen molar-refractivity contribution < 1.29 is 17.9 Å². The Labute approximate surface area is 228 Å². The lowest BCUT2D eigenvalue weighted by Crippen LogP contribution is -2.14. The predicted molar refractivity (Wildman–Crippen MR) is 149 cm³/mol. The summed E-state index contributed by atoms with van der Waals surface area (Å²) in [4.78, 5) is 17.9. The molecule has 0 aliphatic heterocycles. The first-order valence-electron chi connectivity index (χ1n) is 11.6. The smallest absolute Gasteiger partial charge is 0.369 e. The predicted octanol–water partition coefficient (Wildman–Crippen LogP) is 4.62. The van der Waals surface area contributed by atoms with Crippen LogP contribution in [0.2, 0.25) is 0 Å². The van der Waals surface area contributed by atoms with Gasteiger partial charge in [-0.3, -0.25) is 4.72 Å². The van der Waals surface area contributed by atoms with Crippen LogP contribution in [-0.2, 0) is 14.8 Å². The highest BCUT2D eigenvalue weighted by Gasteiger charge is 2.19. The number of hydrogen-bond acceptors (Lipinski definition) is 10. The van der Waals surface area contributed by atoms with E-state index in [9.17, 15) is 13.2 Å². The van der Waals surface area contributed by atoms with Gasteiger partial charge in [-0.25, -0.2) is 22.9 Å². The maximum absolute atomic E-state index is 12.8. The highest BCUT2D eigenvalue weighted by molar-refractivity contribution is 7.93. The monoisotopic (exact) mass is 570 g/mol. The summed E-state index contributed by atoms with van der Waals surface area (Å²) in [7, 11) is -3.78. The Balaban J connectivity index is 1.66. The van der Waals surface area contributed by atoms with Crippen molar-refractivity contribution in [1.82, 2.24) is 14.8 Å². The highest BCUT2D eigenvalue weighted by Crippen LogP contribution is 2.26. The molecule has 0 spiro atoms. The number of benzene rings is 2. The van der Waals surface area contributed by atoms with Crippen molar-refractivity contribution in [2.24, 2.45) is 10.2 Å². The van der Waals surface area contributed by atoms with E-state index in [4.69, 9.17) is 4.74 Å². The summed E-state index contributed by atoms with van der Waals surface area (Å²) in [5.74, 6) is -0.538. The normalized spacial score (nSPS) is 12.6. The van der Waals surface area contributed by atoms with E-state index in [0.29, 0.717) is 21.1 Å². The van der Waals surface area contributed by atoms with Crippen molar-refractivity contribution in [2.75, 3.05) is 11.3 Å². The number of sulfonamides is 1. The number of carbonyl (C=O) groups is 1. The summed E-state index contributed by atoms with van der Waals surface area (Å²) in [6.07, 6.45) is 0. The van der Waals surface area contributed by atoms with Crippen LogP contribution in [0.1, 0.15) is 45.3 Å². The van der Waals surface area contributed by atoms with Crippen molar-refractivity contribution >= 4 is 49.5 Å². The first-order valence-corrected chi connectivity index (χ1v) is 14.7. The molecule has 0 saturated heterocycles. The molecule has 2 aromatic carbocycles. The molecule has 0 atom stereocenters. The third-order valence-corrected chi connectivity index (χ3v) is 8.80. The fourth-order valence-electron chi connectivity index (χ4n) is 3.31. The van der Waals surface area contributed by atoms with E-state index in [1.165, 1.54) is 4.68 Å². The fourth-order valence-corrected chi connectivity index (χ4v) is 6.20. The Hall–Kier alpha value is -3.68. The summed E-state index contributed by atoms with van der Waals surface area (Å²) < 4.78 is 34.7. The molecule has 38 heavy (non-hydrogen) atoms. The zero-order valence-corrected chi connectivity index (χ0v) is 23.9. The van der Waals surface area contributed by atoms with Crippen LogP contribution < -0.4 is 9.52 Å². The van der Waals surface area contributed by atoms with Crippen LogP contribution in [0.3, 0.4) is 0 Å². The van der Waals surface area contributed by atoms with Crippen LogP contribution in [0, 0.1) is 20.8 Å². The molecule has 0 unspecified atom stereocenters.